The van der Waals surface area contributed by atoms with Crippen LogP contribution in [0.25, 0.3) is 0 Å². The molecule has 17 heavy (non-hydrogen) atoms. The molecule has 0 saturated heterocycles. The van der Waals surface area contributed by atoms with Crippen LogP contribution in [-0.4, -0.2) is 19.9 Å². The van der Waals surface area contributed by atoms with Gasteiger partial charge in [0.05, 0.1) is 0 Å². The van der Waals surface area contributed by atoms with Crippen molar-refractivity contribution in [3.8, 4) is 0 Å². The van der Waals surface area contributed by atoms with E-state index in [4.69, 9.17) is 5.73 Å². The number of hydrogen-bond acceptors (Lipinski definition) is 4. The van der Waals surface area contributed by atoms with E-state index in [-0.39, 0.29) is 16.1 Å². The molecular weight excluding hydrogens is 238 g/mol. The summed E-state index contributed by atoms with van der Waals surface area (Å²) in [6, 6.07) is 3.03. The Morgan fingerprint density at radius 3 is 2.76 bits per heavy atom. The van der Waals surface area contributed by atoms with Gasteiger partial charge in [-0.3, -0.25) is 0 Å². The molecule has 1 fully saturated rings. The van der Waals surface area contributed by atoms with Gasteiger partial charge in [0.1, 0.15) is 10.7 Å². The number of pyridine rings is 1. The van der Waals surface area contributed by atoms with Crippen molar-refractivity contribution >= 4 is 15.8 Å². The van der Waals surface area contributed by atoms with Crippen molar-refractivity contribution in [2.45, 2.75) is 31.1 Å². The molecular formula is C11H17N3O2S. The normalized spacial score (nSPS) is 18.6. The zero-order valence-corrected chi connectivity index (χ0v) is 10.6. The second-order valence-corrected chi connectivity index (χ2v) is 6.61. The summed E-state index contributed by atoms with van der Waals surface area (Å²) < 4.78 is 26.6. The third-order valence-electron chi connectivity index (χ3n) is 3.34. The average Bonchev–Trinajstić information content (AvgIpc) is 2.24. The van der Waals surface area contributed by atoms with Gasteiger partial charge in [0.15, 0.2) is 0 Å². The van der Waals surface area contributed by atoms with Crippen LogP contribution in [0.3, 0.4) is 0 Å². The Balaban J connectivity index is 2.12. The Morgan fingerprint density at radius 1 is 1.53 bits per heavy atom. The predicted octanol–water partition coefficient (Wildman–Crippen LogP) is 1.13. The molecule has 0 aromatic carbocycles. The molecule has 0 amide bonds. The van der Waals surface area contributed by atoms with Crippen molar-refractivity contribution in [1.82, 2.24) is 9.71 Å². The van der Waals surface area contributed by atoms with Crippen LogP contribution in [0, 0.1) is 5.41 Å². The molecule has 1 saturated carbocycles. The molecule has 5 nitrogen and oxygen atoms in total. The monoisotopic (exact) mass is 255 g/mol. The minimum absolute atomic E-state index is 0.0405. The van der Waals surface area contributed by atoms with E-state index in [2.05, 4.69) is 16.6 Å². The van der Waals surface area contributed by atoms with Crippen LogP contribution < -0.4 is 10.5 Å². The lowest BCUT2D eigenvalue weighted by Crippen LogP contribution is -2.40. The minimum Gasteiger partial charge on any atom is -0.383 e. The second-order valence-electron chi connectivity index (χ2n) is 4.88. The second kappa shape index (κ2) is 4.27. The Morgan fingerprint density at radius 2 is 2.24 bits per heavy atom. The minimum atomic E-state index is -3.54. The number of nitrogens with one attached hydrogen (secondary N) is 1. The summed E-state index contributed by atoms with van der Waals surface area (Å²) >= 11 is 0. The van der Waals surface area contributed by atoms with E-state index in [0.717, 1.165) is 12.8 Å². The molecule has 2 rings (SSSR count). The van der Waals surface area contributed by atoms with Gasteiger partial charge in [-0.1, -0.05) is 13.3 Å². The SMILES string of the molecule is CC1(CNS(=O)(=O)c2cccnc2N)CCC1. The molecule has 3 N–H and O–H groups in total. The predicted molar refractivity (Wildman–Crippen MR) is 65.8 cm³/mol. The zero-order chi connectivity index (χ0) is 12.5. The number of sulfonamides is 1. The molecule has 0 atom stereocenters. The number of anilines is 1. The first-order valence-corrected chi connectivity index (χ1v) is 7.11. The van der Waals surface area contributed by atoms with E-state index >= 15 is 0 Å². The Hall–Kier alpha value is -1.14. The fourth-order valence-corrected chi connectivity index (χ4v) is 3.21. The molecule has 0 bridgehead atoms. The molecule has 0 aliphatic heterocycles. The zero-order valence-electron chi connectivity index (χ0n) is 9.81. The van der Waals surface area contributed by atoms with Gasteiger partial charge in [0.25, 0.3) is 0 Å². The lowest BCUT2D eigenvalue weighted by molar-refractivity contribution is 0.166. The van der Waals surface area contributed by atoms with Gasteiger partial charge in [0.2, 0.25) is 10.0 Å². The lowest BCUT2D eigenvalue weighted by Gasteiger charge is -2.38. The largest absolute Gasteiger partial charge is 0.383 e. The molecule has 1 aromatic heterocycles. The van der Waals surface area contributed by atoms with Crippen molar-refractivity contribution in [1.29, 1.82) is 0 Å². The maximum absolute atomic E-state index is 12.0. The number of aromatic nitrogens is 1. The highest BCUT2D eigenvalue weighted by atomic mass is 32.2. The summed E-state index contributed by atoms with van der Waals surface area (Å²) in [5.74, 6) is 0.0405. The van der Waals surface area contributed by atoms with Gasteiger partial charge in [-0.15, -0.1) is 0 Å². The molecule has 0 radical (unpaired) electrons. The third-order valence-corrected chi connectivity index (χ3v) is 4.79. The summed E-state index contributed by atoms with van der Waals surface area (Å²) in [6.45, 7) is 2.55. The molecule has 1 aliphatic carbocycles. The number of hydrogen-bond donors (Lipinski definition) is 2. The molecule has 1 aromatic rings. The Kier molecular flexibility index (Phi) is 3.09. The quantitative estimate of drug-likeness (QED) is 0.844. The van der Waals surface area contributed by atoms with Crippen LogP contribution in [0.2, 0.25) is 0 Å². The van der Waals surface area contributed by atoms with Crippen LogP contribution in [0.15, 0.2) is 23.2 Å². The molecule has 0 spiro atoms. The van der Waals surface area contributed by atoms with E-state index in [1.54, 1.807) is 6.07 Å². The topological polar surface area (TPSA) is 85.1 Å². The van der Waals surface area contributed by atoms with Crippen molar-refractivity contribution in [2.24, 2.45) is 5.41 Å². The van der Waals surface area contributed by atoms with Crippen molar-refractivity contribution in [3.63, 3.8) is 0 Å². The molecule has 6 heteroatoms. The number of rotatable bonds is 4. The van der Waals surface area contributed by atoms with Crippen LogP contribution in [0.1, 0.15) is 26.2 Å². The van der Waals surface area contributed by atoms with Gasteiger partial charge >= 0.3 is 0 Å². The summed E-state index contributed by atoms with van der Waals surface area (Å²) in [5, 5.41) is 0. The van der Waals surface area contributed by atoms with Gasteiger partial charge < -0.3 is 5.73 Å². The summed E-state index contributed by atoms with van der Waals surface area (Å²) in [5.41, 5.74) is 5.66. The van der Waals surface area contributed by atoms with Gasteiger partial charge in [-0.2, -0.15) is 0 Å². The van der Waals surface area contributed by atoms with Crippen LogP contribution in [-0.2, 0) is 10.0 Å². The lowest BCUT2D eigenvalue weighted by atomic mass is 9.71. The van der Waals surface area contributed by atoms with E-state index in [1.165, 1.54) is 18.7 Å². The molecule has 1 heterocycles. The van der Waals surface area contributed by atoms with E-state index < -0.39 is 10.0 Å². The molecule has 0 unspecified atom stereocenters. The summed E-state index contributed by atoms with van der Waals surface area (Å²) in [7, 11) is -3.54. The molecule has 94 valence electrons. The first-order valence-electron chi connectivity index (χ1n) is 5.63. The third kappa shape index (κ3) is 2.58. The maximum atomic E-state index is 12.0. The fraction of sp³-hybridized carbons (Fsp3) is 0.545. The van der Waals surface area contributed by atoms with Crippen LogP contribution in [0.5, 0.6) is 0 Å². The number of nitrogens with zero attached hydrogens (tertiary/aromatic N) is 1. The van der Waals surface area contributed by atoms with Crippen molar-refractivity contribution in [2.75, 3.05) is 12.3 Å². The highest BCUT2D eigenvalue weighted by molar-refractivity contribution is 7.89. The molecule has 1 aliphatic rings. The smallest absolute Gasteiger partial charge is 0.244 e. The Labute approximate surface area is 101 Å². The Bertz CT molecular complexity index is 509. The van der Waals surface area contributed by atoms with Crippen LogP contribution >= 0.6 is 0 Å². The highest BCUT2D eigenvalue weighted by Crippen LogP contribution is 2.39. The number of nitrogen functional groups attached to an aromatic ring is 1. The highest BCUT2D eigenvalue weighted by Gasteiger charge is 2.33. The first-order chi connectivity index (χ1) is 7.93. The van der Waals surface area contributed by atoms with Gasteiger partial charge in [-0.05, 0) is 30.4 Å². The van der Waals surface area contributed by atoms with Gasteiger partial charge in [0, 0.05) is 12.7 Å². The summed E-state index contributed by atoms with van der Waals surface area (Å²) in [6.07, 6.45) is 4.78. The number of nitrogens with two attached hydrogens (primary N) is 1. The standard InChI is InChI=1S/C11H17N3O2S/c1-11(5-3-6-11)8-14-17(15,16)9-4-2-7-13-10(9)12/h2,4,7,14H,3,5-6,8H2,1H3,(H2,12,13). The van der Waals surface area contributed by atoms with E-state index in [9.17, 15) is 8.42 Å². The first kappa shape index (κ1) is 12.3. The van der Waals surface area contributed by atoms with E-state index in [1.807, 2.05) is 0 Å². The summed E-state index contributed by atoms with van der Waals surface area (Å²) in [4.78, 5) is 3.84. The van der Waals surface area contributed by atoms with Gasteiger partial charge in [-0.25, -0.2) is 18.1 Å². The maximum Gasteiger partial charge on any atom is 0.244 e. The fourth-order valence-electron chi connectivity index (χ4n) is 1.93. The van der Waals surface area contributed by atoms with E-state index in [0.29, 0.717) is 6.54 Å². The van der Waals surface area contributed by atoms with Crippen LogP contribution in [0.4, 0.5) is 5.82 Å². The average molecular weight is 255 g/mol. The van der Waals surface area contributed by atoms with Crippen molar-refractivity contribution < 1.29 is 8.42 Å². The van der Waals surface area contributed by atoms with Crippen molar-refractivity contribution in [3.05, 3.63) is 18.3 Å².